The number of aromatic nitrogens is 1. The number of hydrogen-bond donors (Lipinski definition) is 2. The van der Waals surface area contributed by atoms with Gasteiger partial charge in [0.1, 0.15) is 0 Å². The van der Waals surface area contributed by atoms with Gasteiger partial charge in [0.2, 0.25) is 0 Å². The van der Waals surface area contributed by atoms with E-state index in [-0.39, 0.29) is 6.04 Å². The lowest BCUT2D eigenvalue weighted by Crippen LogP contribution is -2.36. The van der Waals surface area contributed by atoms with Crippen LogP contribution in [0.4, 0.5) is 4.79 Å². The van der Waals surface area contributed by atoms with Crippen LogP contribution in [0.2, 0.25) is 5.02 Å². The van der Waals surface area contributed by atoms with Crippen molar-refractivity contribution in [2.75, 3.05) is 19.6 Å². The molecule has 1 aromatic heterocycles. The summed E-state index contributed by atoms with van der Waals surface area (Å²) in [6, 6.07) is 3.76. The number of carboxylic acid groups (broad SMARTS) is 1. The van der Waals surface area contributed by atoms with Crippen LogP contribution in [-0.4, -0.2) is 40.7 Å². The molecule has 0 aliphatic carbocycles. The first kappa shape index (κ1) is 15.1. The van der Waals surface area contributed by atoms with Crippen molar-refractivity contribution < 1.29 is 9.90 Å². The van der Waals surface area contributed by atoms with Gasteiger partial charge in [0, 0.05) is 17.8 Å². The molecule has 0 aromatic carbocycles. The normalized spacial score (nSPS) is 17.6. The number of carbonyl (C=O) groups is 1. The zero-order valence-corrected chi connectivity index (χ0v) is 12.1. The second-order valence-electron chi connectivity index (χ2n) is 5.03. The van der Waals surface area contributed by atoms with E-state index in [2.05, 4.69) is 15.2 Å². The van der Waals surface area contributed by atoms with Gasteiger partial charge in [0.15, 0.2) is 0 Å². The Morgan fingerprint density at radius 3 is 2.85 bits per heavy atom. The molecule has 0 radical (unpaired) electrons. The lowest BCUT2D eigenvalue weighted by molar-refractivity contribution is 0.150. The summed E-state index contributed by atoms with van der Waals surface area (Å²) in [5, 5.41) is 11.8. The lowest BCUT2D eigenvalue weighted by atomic mass is 10.0. The molecule has 2 heterocycles. The number of nitrogens with zero attached hydrogens (tertiary/aromatic N) is 2. The number of nitrogens with one attached hydrogen (secondary N) is 1. The maximum Gasteiger partial charge on any atom is 0.404 e. The minimum atomic E-state index is -0.985. The van der Waals surface area contributed by atoms with Crippen LogP contribution in [0.25, 0.3) is 0 Å². The Labute approximate surface area is 123 Å². The number of amides is 1. The van der Waals surface area contributed by atoms with Crippen LogP contribution in [0.15, 0.2) is 18.3 Å². The third kappa shape index (κ3) is 4.35. The fraction of sp³-hybridized carbons (Fsp3) is 0.571. The zero-order chi connectivity index (χ0) is 14.4. The van der Waals surface area contributed by atoms with Gasteiger partial charge < -0.3 is 10.4 Å². The highest BCUT2D eigenvalue weighted by molar-refractivity contribution is 6.30. The van der Waals surface area contributed by atoms with Crippen molar-refractivity contribution in [2.45, 2.75) is 31.7 Å². The highest BCUT2D eigenvalue weighted by Crippen LogP contribution is 2.27. The minimum Gasteiger partial charge on any atom is -0.465 e. The number of piperidine rings is 1. The first-order chi connectivity index (χ1) is 9.66. The van der Waals surface area contributed by atoms with Crippen LogP contribution in [0.3, 0.4) is 0 Å². The van der Waals surface area contributed by atoms with E-state index in [1.54, 1.807) is 12.3 Å². The van der Waals surface area contributed by atoms with Crippen LogP contribution in [0, 0.1) is 0 Å². The molecule has 20 heavy (non-hydrogen) atoms. The topological polar surface area (TPSA) is 65.5 Å². The van der Waals surface area contributed by atoms with Gasteiger partial charge in [-0.05, 0) is 44.5 Å². The number of hydrogen-bond acceptors (Lipinski definition) is 3. The lowest BCUT2D eigenvalue weighted by Gasteiger charge is -2.34. The molecule has 1 fully saturated rings. The molecular formula is C14H20ClN3O2. The summed E-state index contributed by atoms with van der Waals surface area (Å²) < 4.78 is 0. The van der Waals surface area contributed by atoms with E-state index in [9.17, 15) is 4.79 Å². The van der Waals surface area contributed by atoms with E-state index >= 15 is 0 Å². The maximum absolute atomic E-state index is 10.6. The highest BCUT2D eigenvalue weighted by Gasteiger charge is 2.23. The van der Waals surface area contributed by atoms with Crippen LogP contribution in [-0.2, 0) is 0 Å². The Morgan fingerprint density at radius 2 is 2.20 bits per heavy atom. The fourth-order valence-electron chi connectivity index (χ4n) is 2.67. The molecule has 0 spiro atoms. The van der Waals surface area contributed by atoms with Gasteiger partial charge in [0.25, 0.3) is 0 Å². The quantitative estimate of drug-likeness (QED) is 0.877. The van der Waals surface area contributed by atoms with Gasteiger partial charge in [0.05, 0.1) is 11.7 Å². The zero-order valence-electron chi connectivity index (χ0n) is 11.4. The SMILES string of the molecule is O=C(O)NCC[C@@H](c1cc(Cl)ccn1)N1CCCCC1. The smallest absolute Gasteiger partial charge is 0.404 e. The molecule has 110 valence electrons. The molecule has 5 nitrogen and oxygen atoms in total. The average Bonchev–Trinajstić information content (AvgIpc) is 2.44. The van der Waals surface area contributed by atoms with Crippen molar-refractivity contribution in [3.63, 3.8) is 0 Å². The van der Waals surface area contributed by atoms with E-state index in [0.29, 0.717) is 18.0 Å². The van der Waals surface area contributed by atoms with Gasteiger partial charge in [-0.3, -0.25) is 9.88 Å². The standard InChI is InChI=1S/C14H20ClN3O2/c15-11-4-6-16-12(10-11)13(5-7-17-14(19)20)18-8-2-1-3-9-18/h4,6,10,13,17H,1-3,5,7-9H2,(H,19,20)/t13-/m0/s1. The number of halogens is 1. The van der Waals surface area contributed by atoms with Gasteiger partial charge in [-0.2, -0.15) is 0 Å². The van der Waals surface area contributed by atoms with E-state index in [1.807, 2.05) is 6.07 Å². The van der Waals surface area contributed by atoms with E-state index in [1.165, 1.54) is 19.3 Å². The Balaban J connectivity index is 2.08. The summed E-state index contributed by atoms with van der Waals surface area (Å²) in [4.78, 5) is 17.4. The second kappa shape index (κ2) is 7.45. The summed E-state index contributed by atoms with van der Waals surface area (Å²) in [6.07, 6.45) is 5.06. The third-order valence-electron chi connectivity index (χ3n) is 3.61. The molecule has 1 saturated heterocycles. The fourth-order valence-corrected chi connectivity index (χ4v) is 2.83. The summed E-state index contributed by atoms with van der Waals surface area (Å²) in [5.41, 5.74) is 0.923. The molecule has 1 amide bonds. The molecule has 0 unspecified atom stereocenters. The van der Waals surface area contributed by atoms with Crippen LogP contribution >= 0.6 is 11.6 Å². The Kier molecular flexibility index (Phi) is 5.61. The molecule has 1 atom stereocenters. The number of rotatable bonds is 5. The minimum absolute atomic E-state index is 0.126. The van der Waals surface area contributed by atoms with Gasteiger partial charge in [-0.15, -0.1) is 0 Å². The van der Waals surface area contributed by atoms with E-state index < -0.39 is 6.09 Å². The number of pyridine rings is 1. The molecule has 0 bridgehead atoms. The van der Waals surface area contributed by atoms with Crippen LogP contribution in [0.1, 0.15) is 37.4 Å². The van der Waals surface area contributed by atoms with Gasteiger partial charge in [-0.1, -0.05) is 18.0 Å². The average molecular weight is 298 g/mol. The molecule has 2 rings (SSSR count). The van der Waals surface area contributed by atoms with Crippen LogP contribution in [0.5, 0.6) is 0 Å². The van der Waals surface area contributed by atoms with Crippen LogP contribution < -0.4 is 5.32 Å². The number of likely N-dealkylation sites (tertiary alicyclic amines) is 1. The Bertz CT molecular complexity index is 450. The van der Waals surface area contributed by atoms with Crippen molar-refractivity contribution in [1.82, 2.24) is 15.2 Å². The molecule has 6 heteroatoms. The molecular weight excluding hydrogens is 278 g/mol. The monoisotopic (exact) mass is 297 g/mol. The van der Waals surface area contributed by atoms with E-state index in [4.69, 9.17) is 16.7 Å². The van der Waals surface area contributed by atoms with Crippen molar-refractivity contribution in [1.29, 1.82) is 0 Å². The predicted molar refractivity (Wildman–Crippen MR) is 78.1 cm³/mol. The third-order valence-corrected chi connectivity index (χ3v) is 3.85. The van der Waals surface area contributed by atoms with Crippen molar-refractivity contribution in [3.8, 4) is 0 Å². The maximum atomic E-state index is 10.6. The van der Waals surface area contributed by atoms with Gasteiger partial charge >= 0.3 is 6.09 Å². The Hall–Kier alpha value is -1.33. The molecule has 2 N–H and O–H groups in total. The van der Waals surface area contributed by atoms with Crippen molar-refractivity contribution in [3.05, 3.63) is 29.0 Å². The van der Waals surface area contributed by atoms with Crippen molar-refractivity contribution >= 4 is 17.7 Å². The molecule has 0 saturated carbocycles. The summed E-state index contributed by atoms with van der Waals surface area (Å²) in [5.74, 6) is 0. The second-order valence-corrected chi connectivity index (χ2v) is 5.47. The Morgan fingerprint density at radius 1 is 1.45 bits per heavy atom. The first-order valence-electron chi connectivity index (χ1n) is 6.99. The highest BCUT2D eigenvalue weighted by atomic mass is 35.5. The van der Waals surface area contributed by atoms with E-state index in [0.717, 1.165) is 18.8 Å². The summed E-state index contributed by atoms with van der Waals surface area (Å²) in [6.45, 7) is 2.49. The largest absolute Gasteiger partial charge is 0.465 e. The summed E-state index contributed by atoms with van der Waals surface area (Å²) >= 11 is 6.04. The molecule has 1 aromatic rings. The molecule has 1 aliphatic rings. The van der Waals surface area contributed by atoms with Gasteiger partial charge in [-0.25, -0.2) is 4.79 Å². The predicted octanol–water partition coefficient (Wildman–Crippen LogP) is 2.92. The summed E-state index contributed by atoms with van der Waals surface area (Å²) in [7, 11) is 0. The molecule has 1 aliphatic heterocycles. The van der Waals surface area contributed by atoms with Crippen molar-refractivity contribution in [2.24, 2.45) is 0 Å². The first-order valence-corrected chi connectivity index (χ1v) is 7.37.